The number of carbonyl (C=O) groups excluding carboxylic acids is 2. The van der Waals surface area contributed by atoms with Crippen LogP contribution in [0.25, 0.3) is 5.69 Å². The van der Waals surface area contributed by atoms with E-state index in [0.29, 0.717) is 26.7 Å². The van der Waals surface area contributed by atoms with Crippen molar-refractivity contribution in [3.63, 3.8) is 0 Å². The standard InChI is InChI=1S/C21H15BrCl2N6O2S2/c22-12-1-4-14(5-2-12)30-17(10-26-19(32)15-6-3-13(23)9-16(15)24)28-29-21(30)34-11-18(31)27-20-25-7-8-33-20/h1-9H,10-11H2,(H,26,32)(H,25,27,31). The number of anilines is 1. The average Bonchev–Trinajstić information content (AvgIpc) is 3.46. The number of nitrogens with one attached hydrogen (secondary N) is 2. The van der Waals surface area contributed by atoms with Gasteiger partial charge in [-0.3, -0.25) is 14.2 Å². The number of thioether (sulfide) groups is 1. The molecule has 2 amide bonds. The van der Waals surface area contributed by atoms with E-state index in [-0.39, 0.29) is 29.1 Å². The fraction of sp³-hybridized carbons (Fsp3) is 0.0952. The normalized spacial score (nSPS) is 10.8. The Morgan fingerprint density at radius 1 is 1.12 bits per heavy atom. The predicted octanol–water partition coefficient (Wildman–Crippen LogP) is 5.45. The fourth-order valence-corrected chi connectivity index (χ4v) is 4.93. The van der Waals surface area contributed by atoms with Gasteiger partial charge >= 0.3 is 0 Å². The Balaban J connectivity index is 1.52. The minimum absolute atomic E-state index is 0.0900. The molecule has 0 saturated heterocycles. The number of amides is 2. The number of carbonyl (C=O) groups is 2. The Hall–Kier alpha value is -2.44. The summed E-state index contributed by atoms with van der Waals surface area (Å²) in [5.41, 5.74) is 1.08. The summed E-state index contributed by atoms with van der Waals surface area (Å²) in [5, 5.41) is 17.5. The summed E-state index contributed by atoms with van der Waals surface area (Å²) in [5.74, 6) is 0.0197. The van der Waals surface area contributed by atoms with Gasteiger partial charge in [-0.25, -0.2) is 4.98 Å². The number of thiazole rings is 1. The van der Waals surface area contributed by atoms with Crippen LogP contribution >= 0.6 is 62.2 Å². The molecule has 0 fully saturated rings. The van der Waals surface area contributed by atoms with Crippen molar-refractivity contribution in [2.45, 2.75) is 11.7 Å². The van der Waals surface area contributed by atoms with E-state index in [1.54, 1.807) is 28.3 Å². The van der Waals surface area contributed by atoms with Crippen molar-refractivity contribution in [2.75, 3.05) is 11.1 Å². The minimum Gasteiger partial charge on any atom is -0.345 e. The molecular formula is C21H15BrCl2N6O2S2. The van der Waals surface area contributed by atoms with Crippen LogP contribution in [0.2, 0.25) is 10.0 Å². The first-order valence-corrected chi connectivity index (χ1v) is 13.1. The largest absolute Gasteiger partial charge is 0.345 e. The van der Waals surface area contributed by atoms with Crippen LogP contribution in [0.3, 0.4) is 0 Å². The van der Waals surface area contributed by atoms with E-state index in [1.165, 1.54) is 29.2 Å². The van der Waals surface area contributed by atoms with Gasteiger partial charge in [0.05, 0.1) is 22.9 Å². The van der Waals surface area contributed by atoms with Gasteiger partial charge in [0.15, 0.2) is 16.1 Å². The van der Waals surface area contributed by atoms with E-state index >= 15 is 0 Å². The second kappa shape index (κ2) is 11.3. The minimum atomic E-state index is -0.371. The molecule has 2 N–H and O–H groups in total. The van der Waals surface area contributed by atoms with Crippen molar-refractivity contribution in [2.24, 2.45) is 0 Å². The summed E-state index contributed by atoms with van der Waals surface area (Å²) in [6.07, 6.45) is 1.62. The average molecular weight is 598 g/mol. The van der Waals surface area contributed by atoms with Crippen molar-refractivity contribution in [1.82, 2.24) is 25.1 Å². The molecular weight excluding hydrogens is 583 g/mol. The number of aromatic nitrogens is 4. The molecule has 4 rings (SSSR count). The van der Waals surface area contributed by atoms with Crippen LogP contribution < -0.4 is 10.6 Å². The molecule has 0 radical (unpaired) electrons. The number of benzene rings is 2. The molecule has 0 spiro atoms. The van der Waals surface area contributed by atoms with Gasteiger partial charge < -0.3 is 10.6 Å². The zero-order valence-corrected chi connectivity index (χ0v) is 21.9. The quantitative estimate of drug-likeness (QED) is 0.262. The Morgan fingerprint density at radius 2 is 1.91 bits per heavy atom. The van der Waals surface area contributed by atoms with Crippen LogP contribution in [0.5, 0.6) is 0 Å². The highest BCUT2D eigenvalue weighted by Crippen LogP contribution is 2.25. The number of halogens is 3. The van der Waals surface area contributed by atoms with E-state index in [4.69, 9.17) is 23.2 Å². The molecule has 13 heteroatoms. The summed E-state index contributed by atoms with van der Waals surface area (Å²) in [6.45, 7) is 0.0900. The van der Waals surface area contributed by atoms with Crippen LogP contribution in [-0.2, 0) is 11.3 Å². The lowest BCUT2D eigenvalue weighted by Gasteiger charge is -2.11. The van der Waals surface area contributed by atoms with Crippen molar-refractivity contribution < 1.29 is 9.59 Å². The SMILES string of the molecule is O=C(CSc1nnc(CNC(=O)c2ccc(Cl)cc2Cl)n1-c1ccc(Br)cc1)Nc1nccs1. The number of rotatable bonds is 8. The van der Waals surface area contributed by atoms with Gasteiger partial charge in [-0.2, -0.15) is 0 Å². The van der Waals surface area contributed by atoms with Gasteiger partial charge in [0.2, 0.25) is 5.91 Å². The zero-order valence-electron chi connectivity index (χ0n) is 17.2. The van der Waals surface area contributed by atoms with Crippen LogP contribution in [0.1, 0.15) is 16.2 Å². The molecule has 0 aliphatic carbocycles. The molecule has 0 saturated carbocycles. The monoisotopic (exact) mass is 596 g/mol. The molecule has 4 aromatic rings. The highest BCUT2D eigenvalue weighted by atomic mass is 79.9. The first-order valence-electron chi connectivity index (χ1n) is 9.66. The first-order chi connectivity index (χ1) is 16.4. The molecule has 0 bridgehead atoms. The molecule has 174 valence electrons. The maximum absolute atomic E-state index is 12.7. The summed E-state index contributed by atoms with van der Waals surface area (Å²) in [4.78, 5) is 29.0. The lowest BCUT2D eigenvalue weighted by atomic mass is 10.2. The summed E-state index contributed by atoms with van der Waals surface area (Å²) in [7, 11) is 0. The lowest BCUT2D eigenvalue weighted by molar-refractivity contribution is -0.113. The molecule has 0 aliphatic rings. The summed E-state index contributed by atoms with van der Waals surface area (Å²) >= 11 is 18.1. The topological polar surface area (TPSA) is 102 Å². The Kier molecular flexibility index (Phi) is 8.22. The van der Waals surface area contributed by atoms with Crippen LogP contribution in [0, 0.1) is 0 Å². The van der Waals surface area contributed by atoms with E-state index in [2.05, 4.69) is 41.7 Å². The predicted molar refractivity (Wildman–Crippen MR) is 138 cm³/mol. The van der Waals surface area contributed by atoms with Crippen molar-refractivity contribution in [1.29, 1.82) is 0 Å². The smallest absolute Gasteiger partial charge is 0.253 e. The van der Waals surface area contributed by atoms with Gasteiger partial charge in [0.25, 0.3) is 5.91 Å². The van der Waals surface area contributed by atoms with Crippen LogP contribution in [0.4, 0.5) is 5.13 Å². The van der Waals surface area contributed by atoms with Crippen molar-refractivity contribution in [3.05, 3.63) is 79.9 Å². The molecule has 0 unspecified atom stereocenters. The molecule has 2 aromatic heterocycles. The molecule has 8 nitrogen and oxygen atoms in total. The third-order valence-electron chi connectivity index (χ3n) is 4.38. The van der Waals surface area contributed by atoms with Gasteiger partial charge in [0, 0.05) is 26.8 Å². The van der Waals surface area contributed by atoms with Crippen LogP contribution in [0.15, 0.2) is 63.7 Å². The lowest BCUT2D eigenvalue weighted by Crippen LogP contribution is -2.25. The molecule has 0 aliphatic heterocycles. The highest BCUT2D eigenvalue weighted by Gasteiger charge is 2.18. The van der Waals surface area contributed by atoms with Gasteiger partial charge in [-0.1, -0.05) is 50.9 Å². The van der Waals surface area contributed by atoms with E-state index in [9.17, 15) is 9.59 Å². The zero-order chi connectivity index (χ0) is 24.1. The van der Waals surface area contributed by atoms with Crippen molar-refractivity contribution >= 4 is 79.2 Å². The summed E-state index contributed by atoms with van der Waals surface area (Å²) in [6, 6.07) is 12.2. The van der Waals surface area contributed by atoms with E-state index < -0.39 is 0 Å². The molecule has 0 atom stereocenters. The maximum Gasteiger partial charge on any atom is 0.253 e. The van der Waals surface area contributed by atoms with Gasteiger partial charge in [-0.15, -0.1) is 21.5 Å². The molecule has 34 heavy (non-hydrogen) atoms. The van der Waals surface area contributed by atoms with E-state index in [1.807, 2.05) is 24.3 Å². The Morgan fingerprint density at radius 3 is 2.62 bits per heavy atom. The fourth-order valence-electron chi connectivity index (χ4n) is 2.86. The van der Waals surface area contributed by atoms with E-state index in [0.717, 1.165) is 10.2 Å². The Bertz CT molecular complexity index is 1320. The van der Waals surface area contributed by atoms with Gasteiger partial charge in [-0.05, 0) is 42.5 Å². The third kappa shape index (κ3) is 6.16. The maximum atomic E-state index is 12.7. The third-order valence-corrected chi connectivity index (χ3v) is 7.07. The molecule has 2 heterocycles. The van der Waals surface area contributed by atoms with Gasteiger partial charge in [0.1, 0.15) is 0 Å². The Labute approximate surface area is 221 Å². The summed E-state index contributed by atoms with van der Waals surface area (Å²) < 4.78 is 2.70. The highest BCUT2D eigenvalue weighted by molar-refractivity contribution is 9.10. The second-order valence-electron chi connectivity index (χ2n) is 6.69. The van der Waals surface area contributed by atoms with Crippen LogP contribution in [-0.4, -0.2) is 37.3 Å². The van der Waals surface area contributed by atoms with Crippen molar-refractivity contribution in [3.8, 4) is 5.69 Å². The second-order valence-corrected chi connectivity index (χ2v) is 10.3. The number of nitrogens with zero attached hydrogens (tertiary/aromatic N) is 4. The first kappa shape index (κ1) is 24.7. The number of hydrogen-bond donors (Lipinski definition) is 2. The number of hydrogen-bond acceptors (Lipinski definition) is 7. The molecule has 2 aromatic carbocycles.